The molecule has 3 rings (SSSR count). The molecule has 0 amide bonds. The van der Waals surface area contributed by atoms with Gasteiger partial charge < -0.3 is 18.9 Å². The lowest BCUT2D eigenvalue weighted by atomic mass is 10.1. The molecule has 0 saturated carbocycles. The Bertz CT molecular complexity index is 1210. The molecule has 0 aliphatic carbocycles. The minimum Gasteiger partial charge on any atom is -0.497 e. The summed E-state index contributed by atoms with van der Waals surface area (Å²) in [5, 5.41) is 0. The summed E-state index contributed by atoms with van der Waals surface area (Å²) in [6, 6.07) is 11.9. The molecule has 0 radical (unpaired) electrons. The van der Waals surface area contributed by atoms with Gasteiger partial charge in [0.2, 0.25) is 10.0 Å². The van der Waals surface area contributed by atoms with Gasteiger partial charge in [-0.05, 0) is 40.2 Å². The van der Waals surface area contributed by atoms with E-state index >= 15 is 0 Å². The summed E-state index contributed by atoms with van der Waals surface area (Å²) in [5.74, 6) is 2.21. The van der Waals surface area contributed by atoms with Crippen LogP contribution in [0.1, 0.15) is 11.1 Å². The Morgan fingerprint density at radius 1 is 0.848 bits per heavy atom. The standard InChI is InChI=1S/C23H25BrN2O6S/c1-29-18-8-7-16(21(11-18)30-2)14-26(33(27,28)19-6-5-9-25-13-19)15-17-10-20(24)23(32-4)12-22(17)31-3/h5-13H,14-15H2,1-4H3. The summed E-state index contributed by atoms with van der Waals surface area (Å²) in [4.78, 5) is 4.07. The highest BCUT2D eigenvalue weighted by molar-refractivity contribution is 9.10. The second kappa shape index (κ2) is 10.9. The molecular formula is C23H25BrN2O6S. The second-order valence-electron chi connectivity index (χ2n) is 6.94. The molecule has 176 valence electrons. The number of benzene rings is 2. The van der Waals surface area contributed by atoms with Crippen molar-refractivity contribution >= 4 is 26.0 Å². The topological polar surface area (TPSA) is 87.2 Å². The molecule has 0 atom stereocenters. The molecule has 0 bridgehead atoms. The lowest BCUT2D eigenvalue weighted by Gasteiger charge is -2.24. The first-order chi connectivity index (χ1) is 15.8. The lowest BCUT2D eigenvalue weighted by Crippen LogP contribution is -2.30. The van der Waals surface area contributed by atoms with E-state index in [1.165, 1.54) is 37.0 Å². The molecular weight excluding hydrogens is 512 g/mol. The van der Waals surface area contributed by atoms with Crippen LogP contribution in [0.3, 0.4) is 0 Å². The predicted octanol–water partition coefficient (Wildman–Crippen LogP) is 4.27. The molecule has 1 heterocycles. The van der Waals surface area contributed by atoms with Gasteiger partial charge in [-0.1, -0.05) is 6.07 Å². The first-order valence-corrected chi connectivity index (χ1v) is 12.1. The van der Waals surface area contributed by atoms with Crippen molar-refractivity contribution < 1.29 is 27.4 Å². The predicted molar refractivity (Wildman–Crippen MR) is 127 cm³/mol. The molecule has 2 aromatic carbocycles. The number of rotatable bonds is 10. The van der Waals surface area contributed by atoms with E-state index in [2.05, 4.69) is 20.9 Å². The Kier molecular flexibility index (Phi) is 8.17. The van der Waals surface area contributed by atoms with Crippen molar-refractivity contribution in [3.05, 3.63) is 70.5 Å². The maximum atomic E-state index is 13.6. The third-order valence-electron chi connectivity index (χ3n) is 5.01. The SMILES string of the molecule is COc1ccc(CN(Cc2cc(Br)c(OC)cc2OC)S(=O)(=O)c2cccnc2)c(OC)c1. The number of methoxy groups -OCH3 is 4. The first-order valence-electron chi connectivity index (χ1n) is 9.85. The van der Waals surface area contributed by atoms with Crippen molar-refractivity contribution in [3.8, 4) is 23.0 Å². The summed E-state index contributed by atoms with van der Waals surface area (Å²) in [7, 11) is 2.25. The molecule has 0 N–H and O–H groups in total. The fraction of sp³-hybridized carbons (Fsp3) is 0.261. The van der Waals surface area contributed by atoms with Crippen LogP contribution in [-0.4, -0.2) is 46.1 Å². The maximum absolute atomic E-state index is 13.6. The van der Waals surface area contributed by atoms with Crippen molar-refractivity contribution in [1.82, 2.24) is 9.29 Å². The van der Waals surface area contributed by atoms with Crippen LogP contribution in [0, 0.1) is 0 Å². The van der Waals surface area contributed by atoms with Gasteiger partial charge in [-0.3, -0.25) is 4.98 Å². The summed E-state index contributed by atoms with van der Waals surface area (Å²) in [5.41, 5.74) is 1.34. The largest absolute Gasteiger partial charge is 0.497 e. The van der Waals surface area contributed by atoms with Crippen LogP contribution < -0.4 is 18.9 Å². The number of nitrogens with zero attached hydrogens (tertiary/aromatic N) is 2. The van der Waals surface area contributed by atoms with Crippen LogP contribution in [0.2, 0.25) is 0 Å². The Balaban J connectivity index is 2.09. The fourth-order valence-electron chi connectivity index (χ4n) is 3.28. The van der Waals surface area contributed by atoms with E-state index in [-0.39, 0.29) is 18.0 Å². The van der Waals surface area contributed by atoms with E-state index in [4.69, 9.17) is 18.9 Å². The van der Waals surface area contributed by atoms with Crippen LogP contribution >= 0.6 is 15.9 Å². The normalized spacial score (nSPS) is 11.3. The zero-order valence-electron chi connectivity index (χ0n) is 18.7. The Hall–Kier alpha value is -2.82. The highest BCUT2D eigenvalue weighted by atomic mass is 79.9. The second-order valence-corrected chi connectivity index (χ2v) is 9.73. The lowest BCUT2D eigenvalue weighted by molar-refractivity contribution is 0.358. The van der Waals surface area contributed by atoms with Gasteiger partial charge in [0.05, 0.1) is 32.9 Å². The number of ether oxygens (including phenoxy) is 4. The van der Waals surface area contributed by atoms with Crippen LogP contribution in [0.15, 0.2) is 64.2 Å². The summed E-state index contributed by atoms with van der Waals surface area (Å²) < 4.78 is 50.9. The van der Waals surface area contributed by atoms with Gasteiger partial charge in [0.15, 0.2) is 0 Å². The molecule has 0 unspecified atom stereocenters. The van der Waals surface area contributed by atoms with E-state index in [1.807, 2.05) is 0 Å². The van der Waals surface area contributed by atoms with E-state index in [0.29, 0.717) is 38.6 Å². The molecule has 10 heteroatoms. The summed E-state index contributed by atoms with van der Waals surface area (Å²) in [6.07, 6.45) is 2.86. The molecule has 0 fully saturated rings. The van der Waals surface area contributed by atoms with Crippen molar-refractivity contribution in [1.29, 1.82) is 0 Å². The fourth-order valence-corrected chi connectivity index (χ4v) is 5.20. The quantitative estimate of drug-likeness (QED) is 0.382. The number of aromatic nitrogens is 1. The van der Waals surface area contributed by atoms with E-state index < -0.39 is 10.0 Å². The first kappa shape index (κ1) is 24.8. The third kappa shape index (κ3) is 5.58. The number of hydrogen-bond donors (Lipinski definition) is 0. The van der Waals surface area contributed by atoms with Gasteiger partial charge in [-0.15, -0.1) is 0 Å². The number of halogens is 1. The van der Waals surface area contributed by atoms with Crippen LogP contribution in [0.4, 0.5) is 0 Å². The zero-order chi connectivity index (χ0) is 24.0. The molecule has 8 nitrogen and oxygen atoms in total. The Morgan fingerprint density at radius 3 is 2.12 bits per heavy atom. The third-order valence-corrected chi connectivity index (χ3v) is 7.41. The molecule has 1 aromatic heterocycles. The smallest absolute Gasteiger partial charge is 0.245 e. The van der Waals surface area contributed by atoms with E-state index in [0.717, 1.165) is 0 Å². The molecule has 3 aromatic rings. The van der Waals surface area contributed by atoms with Gasteiger partial charge in [0, 0.05) is 48.7 Å². The Labute approximate surface area is 202 Å². The van der Waals surface area contributed by atoms with Gasteiger partial charge >= 0.3 is 0 Å². The van der Waals surface area contributed by atoms with Crippen LogP contribution in [0.25, 0.3) is 0 Å². The highest BCUT2D eigenvalue weighted by Crippen LogP contribution is 2.35. The average molecular weight is 537 g/mol. The molecule has 0 spiro atoms. The number of hydrogen-bond acceptors (Lipinski definition) is 7. The minimum absolute atomic E-state index is 0.0399. The van der Waals surface area contributed by atoms with Crippen molar-refractivity contribution in [2.24, 2.45) is 0 Å². The Morgan fingerprint density at radius 2 is 1.52 bits per heavy atom. The number of pyridine rings is 1. The van der Waals surface area contributed by atoms with Gasteiger partial charge in [-0.25, -0.2) is 8.42 Å². The summed E-state index contributed by atoms with van der Waals surface area (Å²) in [6.45, 7) is 0.0926. The minimum atomic E-state index is -3.91. The number of sulfonamides is 1. The van der Waals surface area contributed by atoms with Gasteiger partial charge in [0.25, 0.3) is 0 Å². The van der Waals surface area contributed by atoms with Crippen molar-refractivity contribution in [2.45, 2.75) is 18.0 Å². The molecule has 0 aliphatic heterocycles. The maximum Gasteiger partial charge on any atom is 0.245 e. The van der Waals surface area contributed by atoms with E-state index in [9.17, 15) is 8.42 Å². The molecule has 33 heavy (non-hydrogen) atoms. The average Bonchev–Trinajstić information content (AvgIpc) is 2.84. The molecule has 0 saturated heterocycles. The van der Waals surface area contributed by atoms with Gasteiger partial charge in [0.1, 0.15) is 27.9 Å². The van der Waals surface area contributed by atoms with Crippen LogP contribution in [-0.2, 0) is 23.1 Å². The molecule has 0 aliphatic rings. The van der Waals surface area contributed by atoms with Crippen molar-refractivity contribution in [2.75, 3.05) is 28.4 Å². The summed E-state index contributed by atoms with van der Waals surface area (Å²) >= 11 is 3.47. The highest BCUT2D eigenvalue weighted by Gasteiger charge is 2.28. The monoisotopic (exact) mass is 536 g/mol. The van der Waals surface area contributed by atoms with Crippen LogP contribution in [0.5, 0.6) is 23.0 Å². The van der Waals surface area contributed by atoms with Gasteiger partial charge in [-0.2, -0.15) is 4.31 Å². The van der Waals surface area contributed by atoms with Crippen molar-refractivity contribution in [3.63, 3.8) is 0 Å². The van der Waals surface area contributed by atoms with E-state index in [1.54, 1.807) is 50.6 Å². The zero-order valence-corrected chi connectivity index (χ0v) is 21.1.